The van der Waals surface area contributed by atoms with Crippen molar-refractivity contribution in [1.29, 1.82) is 0 Å². The van der Waals surface area contributed by atoms with Gasteiger partial charge in [0.15, 0.2) is 0 Å². The van der Waals surface area contributed by atoms with E-state index in [2.05, 4.69) is 46.6 Å². The summed E-state index contributed by atoms with van der Waals surface area (Å²) < 4.78 is 1.34. The average molecular weight is 276 g/mol. The number of rotatable bonds is 1. The van der Waals surface area contributed by atoms with Crippen LogP contribution in [0.15, 0.2) is 29.8 Å². The van der Waals surface area contributed by atoms with Crippen molar-refractivity contribution in [3.05, 3.63) is 47.4 Å². The molecule has 0 amide bonds. The van der Waals surface area contributed by atoms with Crippen LogP contribution in [-0.2, 0) is 0 Å². The smallest absolute Gasteiger partial charge is 0.0252 e. The fourth-order valence-electron chi connectivity index (χ4n) is 2.92. The molecule has 0 heterocycles. The van der Waals surface area contributed by atoms with E-state index in [9.17, 15) is 0 Å². The first-order valence-electron chi connectivity index (χ1n) is 6.20. The molecule has 0 atom stereocenters. The third-order valence-electron chi connectivity index (χ3n) is 3.81. The highest BCUT2D eigenvalue weighted by atomic mass is 79.9. The molecular weight excluding hydrogens is 260 g/mol. The maximum absolute atomic E-state index is 3.79. The van der Waals surface area contributed by atoms with E-state index in [1.54, 1.807) is 5.57 Å². The molecule has 83 valence electrons. The van der Waals surface area contributed by atoms with E-state index in [-0.39, 0.29) is 0 Å². The van der Waals surface area contributed by atoms with Gasteiger partial charge in [-0.25, -0.2) is 0 Å². The minimum atomic E-state index is 0.788. The van der Waals surface area contributed by atoms with Gasteiger partial charge in [0.2, 0.25) is 0 Å². The van der Waals surface area contributed by atoms with E-state index in [0.717, 1.165) is 5.92 Å². The number of fused-ring (bicyclic) bond motifs is 1. The Morgan fingerprint density at radius 1 is 1.00 bits per heavy atom. The summed E-state index contributed by atoms with van der Waals surface area (Å²) in [4.78, 5) is 0. The Bertz CT molecular complexity index is 425. The lowest BCUT2D eigenvalue weighted by Crippen LogP contribution is -2.08. The van der Waals surface area contributed by atoms with Gasteiger partial charge in [0.05, 0.1) is 0 Å². The van der Waals surface area contributed by atoms with Gasteiger partial charge in [0.25, 0.3) is 0 Å². The Balaban J connectivity index is 1.91. The van der Waals surface area contributed by atoms with Crippen molar-refractivity contribution in [3.8, 4) is 0 Å². The fraction of sp³-hybridized carbons (Fsp3) is 0.400. The standard InChI is InChI=1S/C15H16Br/c16-15-13-9-5-4-8-12(13)10-14(15)11-6-2-1-3-7-11/h4-5,8-11H,1-3,6-7H2. The second kappa shape index (κ2) is 4.37. The van der Waals surface area contributed by atoms with Crippen molar-refractivity contribution in [1.82, 2.24) is 0 Å². The number of hydrogen-bond acceptors (Lipinski definition) is 0. The molecule has 1 aromatic carbocycles. The maximum atomic E-state index is 3.79. The molecule has 0 bridgehead atoms. The predicted molar refractivity (Wildman–Crippen MR) is 72.3 cm³/mol. The Kier molecular flexibility index (Phi) is 2.89. The molecule has 0 unspecified atom stereocenters. The van der Waals surface area contributed by atoms with E-state index in [1.165, 1.54) is 47.7 Å². The van der Waals surface area contributed by atoms with Crippen LogP contribution in [0.2, 0.25) is 0 Å². The van der Waals surface area contributed by atoms with E-state index < -0.39 is 0 Å². The molecule has 0 aromatic heterocycles. The van der Waals surface area contributed by atoms with Gasteiger partial charge in [-0.15, -0.1) is 0 Å². The summed E-state index contributed by atoms with van der Waals surface area (Å²) in [5.74, 6) is 0.788. The minimum Gasteiger partial charge on any atom is -0.0619 e. The number of benzene rings is 1. The monoisotopic (exact) mass is 275 g/mol. The van der Waals surface area contributed by atoms with Crippen LogP contribution >= 0.6 is 15.9 Å². The van der Waals surface area contributed by atoms with Gasteiger partial charge < -0.3 is 0 Å². The van der Waals surface area contributed by atoms with Crippen molar-refractivity contribution >= 4 is 20.4 Å². The quantitative estimate of drug-likeness (QED) is 0.681. The van der Waals surface area contributed by atoms with Gasteiger partial charge >= 0.3 is 0 Å². The van der Waals surface area contributed by atoms with Gasteiger partial charge in [-0.3, -0.25) is 0 Å². The van der Waals surface area contributed by atoms with Crippen LogP contribution in [0.1, 0.15) is 43.2 Å². The van der Waals surface area contributed by atoms with Gasteiger partial charge in [-0.1, -0.05) is 59.5 Å². The van der Waals surface area contributed by atoms with Gasteiger partial charge in [-0.05, 0) is 35.5 Å². The topological polar surface area (TPSA) is 0 Å². The highest BCUT2D eigenvalue weighted by molar-refractivity contribution is 9.15. The molecule has 0 saturated heterocycles. The van der Waals surface area contributed by atoms with E-state index in [1.807, 2.05) is 0 Å². The lowest BCUT2D eigenvalue weighted by molar-refractivity contribution is 0.408. The molecule has 0 N–H and O–H groups in total. The van der Waals surface area contributed by atoms with Crippen LogP contribution < -0.4 is 0 Å². The molecule has 2 aliphatic carbocycles. The maximum Gasteiger partial charge on any atom is 0.0252 e. The lowest BCUT2D eigenvalue weighted by Gasteiger charge is -2.23. The summed E-state index contributed by atoms with van der Waals surface area (Å²) in [6.07, 6.45) is 9.35. The van der Waals surface area contributed by atoms with Gasteiger partial charge in [-0.2, -0.15) is 0 Å². The van der Waals surface area contributed by atoms with Crippen LogP contribution in [-0.4, -0.2) is 0 Å². The van der Waals surface area contributed by atoms with Crippen molar-refractivity contribution < 1.29 is 0 Å². The van der Waals surface area contributed by atoms with Crippen molar-refractivity contribution in [2.24, 2.45) is 5.92 Å². The Morgan fingerprint density at radius 2 is 1.75 bits per heavy atom. The summed E-state index contributed by atoms with van der Waals surface area (Å²) in [5.41, 5.74) is 4.30. The van der Waals surface area contributed by atoms with Gasteiger partial charge in [0.1, 0.15) is 0 Å². The molecule has 1 aromatic rings. The first-order valence-corrected chi connectivity index (χ1v) is 6.99. The predicted octanol–water partition coefficient (Wildman–Crippen LogP) is 4.94. The Morgan fingerprint density at radius 3 is 2.50 bits per heavy atom. The van der Waals surface area contributed by atoms with Crippen LogP contribution in [0.5, 0.6) is 0 Å². The van der Waals surface area contributed by atoms with Crippen molar-refractivity contribution in [2.75, 3.05) is 0 Å². The van der Waals surface area contributed by atoms with Crippen LogP contribution in [0.3, 0.4) is 0 Å². The zero-order valence-corrected chi connectivity index (χ0v) is 11.0. The second-order valence-electron chi connectivity index (χ2n) is 4.84. The molecule has 0 aliphatic heterocycles. The highest BCUT2D eigenvalue weighted by Gasteiger charge is 2.26. The summed E-state index contributed by atoms with van der Waals surface area (Å²) >= 11 is 3.79. The van der Waals surface area contributed by atoms with E-state index >= 15 is 0 Å². The van der Waals surface area contributed by atoms with E-state index in [0.29, 0.717) is 0 Å². The fourth-order valence-corrected chi connectivity index (χ4v) is 3.72. The largest absolute Gasteiger partial charge is 0.0619 e. The summed E-state index contributed by atoms with van der Waals surface area (Å²) in [7, 11) is 0. The van der Waals surface area contributed by atoms with Crippen molar-refractivity contribution in [3.63, 3.8) is 0 Å². The first kappa shape index (κ1) is 10.6. The zero-order valence-electron chi connectivity index (χ0n) is 9.38. The number of allylic oxidation sites excluding steroid dienone is 1. The van der Waals surface area contributed by atoms with Crippen LogP contribution in [0.25, 0.3) is 4.48 Å². The molecule has 0 nitrogen and oxygen atoms in total. The lowest BCUT2D eigenvalue weighted by atomic mass is 9.83. The third kappa shape index (κ3) is 1.75. The third-order valence-corrected chi connectivity index (χ3v) is 4.69. The van der Waals surface area contributed by atoms with Crippen molar-refractivity contribution in [2.45, 2.75) is 32.1 Å². The second-order valence-corrected chi connectivity index (χ2v) is 5.63. The van der Waals surface area contributed by atoms with E-state index in [4.69, 9.17) is 0 Å². The Labute approximate surface area is 106 Å². The molecule has 0 spiro atoms. The molecule has 2 aliphatic rings. The van der Waals surface area contributed by atoms with Crippen LogP contribution in [0, 0.1) is 12.3 Å². The van der Waals surface area contributed by atoms with Gasteiger partial charge in [0, 0.05) is 10.9 Å². The first-order chi connectivity index (χ1) is 7.86. The molecule has 16 heavy (non-hydrogen) atoms. The SMILES string of the molecule is BrC1=C(C2CCCCC2)[CH]c2ccccc21. The van der Waals surface area contributed by atoms with Crippen LogP contribution in [0.4, 0.5) is 0 Å². The highest BCUT2D eigenvalue weighted by Crippen LogP contribution is 2.45. The summed E-state index contributed by atoms with van der Waals surface area (Å²) in [6.45, 7) is 0. The molecule has 1 fully saturated rings. The number of halogens is 1. The average Bonchev–Trinajstić information content (AvgIpc) is 2.69. The normalized spacial score (nSPS) is 21.3. The molecule has 1 saturated carbocycles. The molecule has 1 radical (unpaired) electrons. The zero-order chi connectivity index (χ0) is 11.0. The minimum absolute atomic E-state index is 0.788. The Hall–Kier alpha value is -0.560. The molecule has 3 rings (SSSR count). The summed E-state index contributed by atoms with van der Waals surface area (Å²) in [6, 6.07) is 8.68. The summed E-state index contributed by atoms with van der Waals surface area (Å²) in [5, 5.41) is 0. The molecular formula is C15H16Br. The molecule has 1 heteroatoms. The number of hydrogen-bond donors (Lipinski definition) is 0.